The molecule has 0 aromatic heterocycles. The fraction of sp³-hybridized carbons (Fsp3) is 0.429. The van der Waals surface area contributed by atoms with E-state index < -0.39 is 7.82 Å². The Labute approximate surface area is 315 Å². The van der Waals surface area contributed by atoms with Gasteiger partial charge in [0, 0.05) is 0 Å². The van der Waals surface area contributed by atoms with E-state index in [4.69, 9.17) is 18.5 Å². The minimum Gasteiger partial charge on any atom is -0.494 e. The van der Waals surface area contributed by atoms with Crippen LogP contribution in [0.5, 0.6) is 11.5 Å². The molecule has 0 radical (unpaired) electrons. The molecule has 4 aromatic carbocycles. The van der Waals surface area contributed by atoms with Gasteiger partial charge in [-0.3, -0.25) is 9.05 Å². The first-order chi connectivity index (χ1) is 26.1. The maximum atomic E-state index is 12.2. The molecule has 0 fully saturated rings. The van der Waals surface area contributed by atoms with Gasteiger partial charge < -0.3 is 14.4 Å². The number of ether oxygens (including phenoxy) is 2. The third-order valence-corrected chi connectivity index (χ3v) is 9.39. The van der Waals surface area contributed by atoms with Gasteiger partial charge >= 0.3 is 7.82 Å². The van der Waals surface area contributed by atoms with Crippen molar-refractivity contribution >= 4 is 30.6 Å². The van der Waals surface area contributed by atoms with Crippen molar-refractivity contribution < 1.29 is 28.0 Å². The lowest BCUT2D eigenvalue weighted by Crippen LogP contribution is -1.99. The SMILES string of the molecule is O=P(O)(OCCCCCCCCCOc1ccc(/N=N/c2ccccc2)cc1)OCCCCCCCCCOc1ccc(/N=N/c2ccccc2)cc1. The van der Waals surface area contributed by atoms with Gasteiger partial charge in [-0.25, -0.2) is 4.57 Å². The minimum absolute atomic E-state index is 0.240. The number of unbranched alkanes of at least 4 members (excludes halogenated alkanes) is 12. The van der Waals surface area contributed by atoms with E-state index in [0.717, 1.165) is 124 Å². The summed E-state index contributed by atoms with van der Waals surface area (Å²) >= 11 is 0. The highest BCUT2D eigenvalue weighted by molar-refractivity contribution is 7.47. The Balaban J connectivity index is 0.876. The number of rotatable bonds is 28. The second-order valence-corrected chi connectivity index (χ2v) is 14.3. The van der Waals surface area contributed by atoms with Gasteiger partial charge in [0.15, 0.2) is 0 Å². The first-order valence-corrected chi connectivity index (χ1v) is 20.6. The second-order valence-electron chi connectivity index (χ2n) is 12.8. The standard InChI is InChI=1S/C42H55N4O6P/c47-53(48,51-35-19-9-5-1-3-7-17-33-49-41-29-25-39(26-30-41)45-43-37-21-13-11-14-22-37)52-36-20-10-6-2-4-8-18-34-50-42-31-27-40(28-32-42)46-44-38-23-15-12-16-24-38/h11-16,21-32H,1-10,17-20,33-36H2,(H,47,48)/b45-43+,46-44+. The largest absolute Gasteiger partial charge is 0.494 e. The van der Waals surface area contributed by atoms with Crippen LogP contribution in [-0.2, 0) is 13.6 Å². The van der Waals surface area contributed by atoms with Gasteiger partial charge in [-0.2, -0.15) is 20.5 Å². The maximum Gasteiger partial charge on any atom is 0.472 e. The van der Waals surface area contributed by atoms with Crippen molar-refractivity contribution in [3.8, 4) is 11.5 Å². The molecule has 0 aliphatic heterocycles. The van der Waals surface area contributed by atoms with Crippen LogP contribution in [-0.4, -0.2) is 31.3 Å². The van der Waals surface area contributed by atoms with Crippen LogP contribution in [0.1, 0.15) is 89.9 Å². The Kier molecular flexibility index (Phi) is 20.2. The molecular weight excluding hydrogens is 687 g/mol. The van der Waals surface area contributed by atoms with Gasteiger partial charge in [0.05, 0.1) is 49.2 Å². The smallest absolute Gasteiger partial charge is 0.472 e. The average molecular weight is 743 g/mol. The van der Waals surface area contributed by atoms with Crippen molar-refractivity contribution in [2.75, 3.05) is 26.4 Å². The number of hydrogen-bond acceptors (Lipinski definition) is 9. The summed E-state index contributed by atoms with van der Waals surface area (Å²) in [4.78, 5) is 9.96. The monoisotopic (exact) mass is 742 g/mol. The molecule has 4 aromatic rings. The Hall–Kier alpha value is -4.21. The van der Waals surface area contributed by atoms with Crippen LogP contribution in [0.25, 0.3) is 0 Å². The van der Waals surface area contributed by atoms with E-state index in [1.54, 1.807) is 0 Å². The molecule has 0 aliphatic carbocycles. The first kappa shape index (κ1) is 41.5. The maximum absolute atomic E-state index is 12.2. The van der Waals surface area contributed by atoms with E-state index in [9.17, 15) is 9.46 Å². The highest BCUT2D eigenvalue weighted by Crippen LogP contribution is 2.43. The molecule has 0 spiro atoms. The lowest BCUT2D eigenvalue weighted by molar-refractivity contribution is 0.145. The summed E-state index contributed by atoms with van der Waals surface area (Å²) in [7, 11) is -3.98. The van der Waals surface area contributed by atoms with Gasteiger partial charge in [-0.05, 0) is 98.5 Å². The highest BCUT2D eigenvalue weighted by Gasteiger charge is 2.19. The second kappa shape index (κ2) is 25.7. The Morgan fingerprint density at radius 3 is 1.00 bits per heavy atom. The van der Waals surface area contributed by atoms with Crippen LogP contribution in [0.15, 0.2) is 130 Å². The molecule has 53 heavy (non-hydrogen) atoms. The number of phosphoric ester groups is 1. The molecule has 0 amide bonds. The normalized spacial score (nSPS) is 11.8. The summed E-state index contributed by atoms with van der Waals surface area (Å²) in [5.74, 6) is 1.67. The van der Waals surface area contributed by atoms with Crippen molar-refractivity contribution in [1.29, 1.82) is 0 Å². The average Bonchev–Trinajstić information content (AvgIpc) is 3.19. The molecule has 0 aliphatic rings. The number of hydrogen-bond donors (Lipinski definition) is 1. The van der Waals surface area contributed by atoms with Gasteiger partial charge in [0.1, 0.15) is 11.5 Å². The molecule has 0 saturated carbocycles. The zero-order valence-electron chi connectivity index (χ0n) is 30.8. The van der Waals surface area contributed by atoms with Crippen molar-refractivity contribution in [2.24, 2.45) is 20.5 Å². The number of phosphoric acid groups is 1. The summed E-state index contributed by atoms with van der Waals surface area (Å²) in [6.45, 7) is 1.85. The zero-order valence-corrected chi connectivity index (χ0v) is 31.7. The third kappa shape index (κ3) is 19.4. The van der Waals surface area contributed by atoms with Crippen molar-refractivity contribution in [2.45, 2.75) is 89.9 Å². The summed E-state index contributed by atoms with van der Waals surface area (Å²) in [6.07, 6.45) is 14.3. The summed E-state index contributed by atoms with van der Waals surface area (Å²) in [5.41, 5.74) is 3.22. The van der Waals surface area contributed by atoms with Crippen LogP contribution in [0.3, 0.4) is 0 Å². The fourth-order valence-electron chi connectivity index (χ4n) is 5.39. The van der Waals surface area contributed by atoms with Gasteiger partial charge in [0.25, 0.3) is 0 Å². The third-order valence-electron chi connectivity index (χ3n) is 8.37. The summed E-state index contributed by atoms with van der Waals surface area (Å²) < 4.78 is 34.2. The predicted molar refractivity (Wildman–Crippen MR) is 211 cm³/mol. The predicted octanol–water partition coefficient (Wildman–Crippen LogP) is 13.6. The molecule has 11 heteroatoms. The fourth-order valence-corrected chi connectivity index (χ4v) is 6.19. The number of azo groups is 2. The van der Waals surface area contributed by atoms with E-state index in [0.29, 0.717) is 13.2 Å². The lowest BCUT2D eigenvalue weighted by atomic mass is 10.1. The van der Waals surface area contributed by atoms with E-state index in [1.165, 1.54) is 0 Å². The van der Waals surface area contributed by atoms with E-state index >= 15 is 0 Å². The van der Waals surface area contributed by atoms with Gasteiger partial charge in [-0.1, -0.05) is 101 Å². The number of benzene rings is 4. The molecule has 0 atom stereocenters. The van der Waals surface area contributed by atoms with Crippen molar-refractivity contribution in [3.05, 3.63) is 109 Å². The van der Waals surface area contributed by atoms with Crippen LogP contribution in [0.2, 0.25) is 0 Å². The minimum atomic E-state index is -3.98. The topological polar surface area (TPSA) is 124 Å². The van der Waals surface area contributed by atoms with Crippen LogP contribution in [0, 0.1) is 0 Å². The molecular formula is C42H55N4O6P. The Bertz CT molecular complexity index is 1500. The van der Waals surface area contributed by atoms with E-state index in [1.807, 2.05) is 109 Å². The zero-order chi connectivity index (χ0) is 37.1. The molecule has 0 heterocycles. The summed E-state index contributed by atoms with van der Waals surface area (Å²) in [6, 6.07) is 34.6. The first-order valence-electron chi connectivity index (χ1n) is 19.1. The Morgan fingerprint density at radius 1 is 0.377 bits per heavy atom. The molecule has 0 saturated heterocycles. The Morgan fingerprint density at radius 2 is 0.660 bits per heavy atom. The van der Waals surface area contributed by atoms with Crippen LogP contribution in [0.4, 0.5) is 22.7 Å². The van der Waals surface area contributed by atoms with Crippen molar-refractivity contribution in [1.82, 2.24) is 0 Å². The molecule has 10 nitrogen and oxygen atoms in total. The lowest BCUT2D eigenvalue weighted by Gasteiger charge is -2.12. The quantitative estimate of drug-likeness (QED) is 0.0351. The molecule has 1 N–H and O–H groups in total. The number of nitrogens with zero attached hydrogens (tertiary/aromatic N) is 4. The molecule has 0 bridgehead atoms. The highest BCUT2D eigenvalue weighted by atomic mass is 31.2. The molecule has 0 unspecified atom stereocenters. The molecule has 4 rings (SSSR count). The van der Waals surface area contributed by atoms with Crippen molar-refractivity contribution in [3.63, 3.8) is 0 Å². The van der Waals surface area contributed by atoms with Crippen LogP contribution < -0.4 is 9.47 Å². The van der Waals surface area contributed by atoms with Crippen LogP contribution >= 0.6 is 7.82 Å². The molecule has 284 valence electrons. The summed E-state index contributed by atoms with van der Waals surface area (Å²) in [5, 5.41) is 17.0. The van der Waals surface area contributed by atoms with Gasteiger partial charge in [-0.15, -0.1) is 0 Å². The van der Waals surface area contributed by atoms with E-state index in [-0.39, 0.29) is 13.2 Å². The van der Waals surface area contributed by atoms with E-state index in [2.05, 4.69) is 20.5 Å². The van der Waals surface area contributed by atoms with Gasteiger partial charge in [0.2, 0.25) is 0 Å².